The van der Waals surface area contributed by atoms with Crippen LogP contribution in [0, 0.1) is 17.8 Å². The fourth-order valence-electron chi connectivity index (χ4n) is 8.64. The Morgan fingerprint density at radius 1 is 0.925 bits per heavy atom. The Hall–Kier alpha value is -4.32. The van der Waals surface area contributed by atoms with Crippen molar-refractivity contribution in [1.82, 2.24) is 9.80 Å². The van der Waals surface area contributed by atoms with E-state index in [0.717, 1.165) is 10.8 Å². The van der Waals surface area contributed by atoms with Crippen molar-refractivity contribution in [2.75, 3.05) is 25.1 Å². The SMILES string of the molecule is CC(C)C[C@H](CO)N1C(=O)[C@H]2[C@@H]3C(=O)O[C@H](c4ccccc4)[C@@H](C)N(C)C(=O)CC/C=C\CN(c4ccc5ccccc5c4)C(=O)[C@H]1[C@@]21C=C(Br)[C@@H]3O1. The number of rotatable bonds is 6. The fraction of sp³-hybridized carbons (Fsp3) is 0.429. The van der Waals surface area contributed by atoms with E-state index < -0.39 is 65.6 Å². The number of benzene rings is 3. The Balaban J connectivity index is 1.39. The van der Waals surface area contributed by atoms with Gasteiger partial charge in [0.2, 0.25) is 11.8 Å². The first kappa shape index (κ1) is 37.0. The number of carbonyl (C=O) groups is 4. The van der Waals surface area contributed by atoms with Gasteiger partial charge in [-0.3, -0.25) is 19.2 Å². The van der Waals surface area contributed by atoms with Gasteiger partial charge < -0.3 is 29.3 Å². The van der Waals surface area contributed by atoms with Gasteiger partial charge in [0.1, 0.15) is 29.8 Å². The second-order valence-corrected chi connectivity index (χ2v) is 16.0. The number of carbonyl (C=O) groups excluding carboxylic acids is 4. The third kappa shape index (κ3) is 6.50. The van der Waals surface area contributed by atoms with Crippen LogP contribution in [0.2, 0.25) is 0 Å². The number of likely N-dealkylation sites (N-methyl/N-ethyl adjacent to an activating group) is 1. The molecule has 4 aliphatic heterocycles. The van der Waals surface area contributed by atoms with Gasteiger partial charge in [0.05, 0.1) is 24.6 Å². The van der Waals surface area contributed by atoms with Gasteiger partial charge in [-0.05, 0) is 60.2 Å². The number of allylic oxidation sites excluding steroid dienone is 1. The number of esters is 1. The lowest BCUT2D eigenvalue weighted by Gasteiger charge is -2.39. The average Bonchev–Trinajstić information content (AvgIpc) is 3.76. The summed E-state index contributed by atoms with van der Waals surface area (Å²) in [4.78, 5) is 63.3. The fourth-order valence-corrected chi connectivity index (χ4v) is 9.37. The highest BCUT2D eigenvalue weighted by Crippen LogP contribution is 2.59. The number of aliphatic hydroxyl groups excluding tert-OH is 1. The van der Waals surface area contributed by atoms with Crippen molar-refractivity contribution < 1.29 is 33.8 Å². The molecule has 2 saturated heterocycles. The minimum absolute atomic E-state index is 0.0896. The third-order valence-corrected chi connectivity index (χ3v) is 12.0. The van der Waals surface area contributed by atoms with Gasteiger partial charge >= 0.3 is 5.97 Å². The predicted molar refractivity (Wildman–Crippen MR) is 205 cm³/mol. The molecule has 7 rings (SSSR count). The minimum atomic E-state index is -1.51. The first-order valence-electron chi connectivity index (χ1n) is 18.4. The second kappa shape index (κ2) is 14.8. The van der Waals surface area contributed by atoms with Crippen molar-refractivity contribution in [2.24, 2.45) is 17.8 Å². The summed E-state index contributed by atoms with van der Waals surface area (Å²) in [6, 6.07) is 20.5. The molecule has 1 spiro atoms. The monoisotopic (exact) mass is 783 g/mol. The highest BCUT2D eigenvalue weighted by atomic mass is 79.9. The van der Waals surface area contributed by atoms with Crippen molar-refractivity contribution in [3.63, 3.8) is 0 Å². The largest absolute Gasteiger partial charge is 0.455 e. The van der Waals surface area contributed by atoms with E-state index in [1.807, 2.05) is 106 Å². The molecule has 2 fully saturated rings. The van der Waals surface area contributed by atoms with E-state index in [4.69, 9.17) is 9.47 Å². The Labute approximate surface area is 318 Å². The van der Waals surface area contributed by atoms with Crippen LogP contribution in [0.4, 0.5) is 5.69 Å². The van der Waals surface area contributed by atoms with Crippen LogP contribution in [0.25, 0.3) is 10.8 Å². The molecule has 5 bridgehead atoms. The zero-order valence-electron chi connectivity index (χ0n) is 30.4. The molecule has 278 valence electrons. The number of anilines is 1. The molecule has 4 heterocycles. The second-order valence-electron chi connectivity index (χ2n) is 15.0. The Morgan fingerprint density at radius 3 is 2.36 bits per heavy atom. The Bertz CT molecular complexity index is 1970. The highest BCUT2D eigenvalue weighted by Gasteiger charge is 2.75. The van der Waals surface area contributed by atoms with Gasteiger partial charge in [-0.15, -0.1) is 0 Å². The smallest absolute Gasteiger partial charge is 0.313 e. The quantitative estimate of drug-likeness (QED) is 0.243. The molecule has 11 heteroatoms. The first-order chi connectivity index (χ1) is 25.5. The van der Waals surface area contributed by atoms with Crippen LogP contribution in [-0.4, -0.2) is 88.6 Å². The summed E-state index contributed by atoms with van der Waals surface area (Å²) in [6.07, 6.45) is 4.90. The van der Waals surface area contributed by atoms with E-state index in [1.54, 1.807) is 22.9 Å². The van der Waals surface area contributed by atoms with E-state index in [-0.39, 0.29) is 31.4 Å². The van der Waals surface area contributed by atoms with Crippen LogP contribution < -0.4 is 4.90 Å². The van der Waals surface area contributed by atoms with Crippen molar-refractivity contribution >= 4 is 56.1 Å². The van der Waals surface area contributed by atoms with Crippen LogP contribution in [0.5, 0.6) is 0 Å². The number of hydrogen-bond donors (Lipinski definition) is 1. The van der Waals surface area contributed by atoms with E-state index in [9.17, 15) is 19.5 Å². The van der Waals surface area contributed by atoms with Crippen LogP contribution in [-0.2, 0) is 28.7 Å². The number of aliphatic hydroxyl groups is 1. The predicted octanol–water partition coefficient (Wildman–Crippen LogP) is 5.93. The van der Waals surface area contributed by atoms with Gasteiger partial charge in [0.25, 0.3) is 5.91 Å². The maximum absolute atomic E-state index is 15.4. The molecule has 53 heavy (non-hydrogen) atoms. The van der Waals surface area contributed by atoms with E-state index >= 15 is 4.79 Å². The van der Waals surface area contributed by atoms with Gasteiger partial charge in [-0.25, -0.2) is 0 Å². The van der Waals surface area contributed by atoms with Crippen molar-refractivity contribution in [3.8, 4) is 0 Å². The number of cyclic esters (lactones) is 1. The number of ether oxygens (including phenoxy) is 2. The molecular formula is C42H46BrN3O7. The van der Waals surface area contributed by atoms with Crippen LogP contribution in [0.15, 0.2) is 95.5 Å². The maximum atomic E-state index is 15.4. The van der Waals surface area contributed by atoms with Gasteiger partial charge in [-0.2, -0.15) is 0 Å². The van der Waals surface area contributed by atoms with Crippen LogP contribution in [0.1, 0.15) is 51.7 Å². The average molecular weight is 785 g/mol. The van der Waals surface area contributed by atoms with Crippen LogP contribution >= 0.6 is 15.9 Å². The zero-order valence-corrected chi connectivity index (χ0v) is 32.0. The molecular weight excluding hydrogens is 738 g/mol. The third-order valence-electron chi connectivity index (χ3n) is 11.3. The molecule has 10 nitrogen and oxygen atoms in total. The molecule has 4 aliphatic rings. The normalized spacial score (nSPS) is 30.5. The topological polar surface area (TPSA) is 117 Å². The number of amides is 3. The minimum Gasteiger partial charge on any atom is -0.455 e. The van der Waals surface area contributed by atoms with Crippen molar-refractivity contribution in [3.05, 3.63) is 101 Å². The maximum Gasteiger partial charge on any atom is 0.313 e. The van der Waals surface area contributed by atoms with Crippen LogP contribution in [0.3, 0.4) is 0 Å². The summed E-state index contributed by atoms with van der Waals surface area (Å²) < 4.78 is 13.7. The molecule has 0 aliphatic carbocycles. The van der Waals surface area contributed by atoms with E-state index in [1.165, 1.54) is 4.90 Å². The Morgan fingerprint density at radius 2 is 1.64 bits per heavy atom. The number of hydrogen-bond acceptors (Lipinski definition) is 7. The van der Waals surface area contributed by atoms with Gasteiger partial charge in [0, 0.05) is 30.2 Å². The van der Waals surface area contributed by atoms with Gasteiger partial charge in [-0.1, -0.05) is 103 Å². The van der Waals surface area contributed by atoms with Crippen molar-refractivity contribution in [1.29, 1.82) is 0 Å². The molecule has 3 amide bonds. The Kier molecular flexibility index (Phi) is 10.4. The van der Waals surface area contributed by atoms with Gasteiger partial charge in [0.15, 0.2) is 0 Å². The molecule has 0 unspecified atom stereocenters. The lowest BCUT2D eigenvalue weighted by Crippen LogP contribution is -2.59. The number of halogens is 1. The molecule has 0 saturated carbocycles. The lowest BCUT2D eigenvalue weighted by atomic mass is 9.74. The molecule has 0 aromatic heterocycles. The van der Waals surface area contributed by atoms with Crippen molar-refractivity contribution in [2.45, 2.75) is 76.0 Å². The summed E-state index contributed by atoms with van der Waals surface area (Å²) in [7, 11) is 1.70. The summed E-state index contributed by atoms with van der Waals surface area (Å²) >= 11 is 3.65. The first-order valence-corrected chi connectivity index (χ1v) is 19.2. The summed E-state index contributed by atoms with van der Waals surface area (Å²) in [5.41, 5.74) is -0.191. The standard InChI is InChI=1S/C42H46BrN3O7/c1-25(2)21-31(24-47)46-38-40(50)45(30-19-18-27-13-10-11-16-29(27)22-30)20-12-6-9-17-33(48)44(4)26(3)36(28-14-7-5-8-15-28)52-41(51)34-35(39(46)49)42(38)23-32(43)37(34)53-42/h5-8,10-16,18-19,22-23,25-26,31,34-38,47H,9,17,20-21,24H2,1-4H3/b12-6-/t26-,31-,34+,35-,36+,37+,38+,42-/m1/s1. The summed E-state index contributed by atoms with van der Waals surface area (Å²) in [6.45, 7) is 5.63. The van der Waals surface area contributed by atoms with E-state index in [0.29, 0.717) is 28.6 Å². The highest BCUT2D eigenvalue weighted by molar-refractivity contribution is 9.11. The number of likely N-dealkylation sites (tertiary alicyclic amines) is 1. The zero-order chi connectivity index (χ0) is 37.6. The summed E-state index contributed by atoms with van der Waals surface area (Å²) in [5.74, 6) is -3.70. The summed E-state index contributed by atoms with van der Waals surface area (Å²) in [5, 5.41) is 12.8. The molecule has 8 atom stereocenters. The molecule has 0 radical (unpaired) electrons. The molecule has 3 aromatic rings. The van der Waals surface area contributed by atoms with E-state index in [2.05, 4.69) is 15.9 Å². The number of fused-ring (bicyclic) bond motifs is 3. The molecule has 3 aromatic carbocycles. The number of nitrogens with zero attached hydrogens (tertiary/aromatic N) is 3. The lowest BCUT2D eigenvalue weighted by molar-refractivity contribution is -0.164. The molecule has 1 N–H and O–H groups in total.